The Kier molecular flexibility index (Phi) is 5.25. The molecule has 6 heteroatoms. The fourth-order valence-electron chi connectivity index (χ4n) is 3.90. The number of hydrogen-bond donors (Lipinski definition) is 1. The number of carbonyl (C=O) groups excluding carboxylic acids is 2. The molecule has 3 rings (SSSR count). The molecule has 0 unspecified atom stereocenters. The Morgan fingerprint density at radius 3 is 2.75 bits per heavy atom. The summed E-state index contributed by atoms with van der Waals surface area (Å²) in [6.45, 7) is 4.42. The minimum absolute atomic E-state index is 0.127. The highest BCUT2D eigenvalue weighted by atomic mass is 32.1. The molecule has 5 nitrogen and oxygen atoms in total. The van der Waals surface area contributed by atoms with E-state index in [-0.39, 0.29) is 17.2 Å². The van der Waals surface area contributed by atoms with E-state index in [1.165, 1.54) is 0 Å². The fraction of sp³-hybridized carbons (Fsp3) is 0.667. The van der Waals surface area contributed by atoms with E-state index >= 15 is 0 Å². The second-order valence-electron chi connectivity index (χ2n) is 7.26. The maximum atomic E-state index is 12.4. The molecule has 132 valence electrons. The quantitative estimate of drug-likeness (QED) is 0.902. The van der Waals surface area contributed by atoms with E-state index in [4.69, 9.17) is 0 Å². The van der Waals surface area contributed by atoms with Gasteiger partial charge < -0.3 is 14.9 Å². The Morgan fingerprint density at radius 1 is 1.38 bits per heavy atom. The molecule has 0 aliphatic carbocycles. The molecule has 1 N–H and O–H groups in total. The highest BCUT2D eigenvalue weighted by molar-refractivity contribution is 7.10. The van der Waals surface area contributed by atoms with E-state index in [1.54, 1.807) is 18.3 Å². The smallest absolute Gasteiger partial charge is 0.227 e. The SMILES string of the molecule is C[C@H](O)CN1CC2(CCC1=O)CCN(C(=O)Cc1cccs1)CC2. The van der Waals surface area contributed by atoms with Gasteiger partial charge in [0.2, 0.25) is 11.8 Å². The van der Waals surface area contributed by atoms with Gasteiger partial charge >= 0.3 is 0 Å². The van der Waals surface area contributed by atoms with Crippen LogP contribution in [0.2, 0.25) is 0 Å². The topological polar surface area (TPSA) is 60.9 Å². The zero-order valence-corrected chi connectivity index (χ0v) is 15.1. The molecule has 0 radical (unpaired) electrons. The summed E-state index contributed by atoms with van der Waals surface area (Å²) in [5, 5.41) is 11.6. The Hall–Kier alpha value is -1.40. The first kappa shape index (κ1) is 17.4. The van der Waals surface area contributed by atoms with Gasteiger partial charge in [-0.25, -0.2) is 0 Å². The van der Waals surface area contributed by atoms with Crippen molar-refractivity contribution >= 4 is 23.2 Å². The molecule has 2 aliphatic heterocycles. The van der Waals surface area contributed by atoms with Crippen LogP contribution in [0.5, 0.6) is 0 Å². The third-order valence-corrected chi connectivity index (χ3v) is 6.19. The van der Waals surface area contributed by atoms with Crippen LogP contribution in [0, 0.1) is 5.41 Å². The summed E-state index contributed by atoms with van der Waals surface area (Å²) in [4.78, 5) is 29.4. The molecular formula is C18H26N2O3S. The number of thiophene rings is 1. The van der Waals surface area contributed by atoms with Crippen molar-refractivity contribution in [3.05, 3.63) is 22.4 Å². The number of aliphatic hydroxyl groups excluding tert-OH is 1. The van der Waals surface area contributed by atoms with Crippen molar-refractivity contribution in [3.63, 3.8) is 0 Å². The monoisotopic (exact) mass is 350 g/mol. The number of rotatable bonds is 4. The Bertz CT molecular complexity index is 577. The molecule has 24 heavy (non-hydrogen) atoms. The predicted molar refractivity (Wildman–Crippen MR) is 93.8 cm³/mol. The van der Waals surface area contributed by atoms with E-state index in [0.29, 0.717) is 19.4 Å². The second-order valence-corrected chi connectivity index (χ2v) is 8.29. The minimum atomic E-state index is -0.489. The van der Waals surface area contributed by atoms with E-state index in [1.807, 2.05) is 27.3 Å². The van der Waals surface area contributed by atoms with Gasteiger partial charge in [0.05, 0.1) is 12.5 Å². The third-order valence-electron chi connectivity index (χ3n) is 5.32. The molecule has 0 aromatic carbocycles. The van der Waals surface area contributed by atoms with Crippen LogP contribution >= 0.6 is 11.3 Å². The first-order valence-electron chi connectivity index (χ1n) is 8.73. The molecule has 0 saturated carbocycles. The van der Waals surface area contributed by atoms with Gasteiger partial charge in [-0.15, -0.1) is 11.3 Å². The van der Waals surface area contributed by atoms with Crippen molar-refractivity contribution in [2.45, 2.75) is 45.1 Å². The van der Waals surface area contributed by atoms with Crippen molar-refractivity contribution in [1.82, 2.24) is 9.80 Å². The van der Waals surface area contributed by atoms with E-state index in [2.05, 4.69) is 0 Å². The van der Waals surface area contributed by atoms with Gasteiger partial charge in [-0.2, -0.15) is 0 Å². The van der Waals surface area contributed by atoms with E-state index in [9.17, 15) is 14.7 Å². The number of likely N-dealkylation sites (tertiary alicyclic amines) is 2. The normalized spacial score (nSPS) is 22.0. The molecule has 2 saturated heterocycles. The van der Waals surface area contributed by atoms with Crippen LogP contribution in [0.15, 0.2) is 17.5 Å². The lowest BCUT2D eigenvalue weighted by Gasteiger charge is -2.47. The molecule has 3 heterocycles. The molecule has 0 bridgehead atoms. The molecule has 2 aliphatic rings. The number of carbonyl (C=O) groups is 2. The number of hydrogen-bond acceptors (Lipinski definition) is 4. The third kappa shape index (κ3) is 3.98. The highest BCUT2D eigenvalue weighted by Gasteiger charge is 2.41. The molecule has 1 spiro atoms. The van der Waals surface area contributed by atoms with Crippen LogP contribution < -0.4 is 0 Å². The average molecular weight is 350 g/mol. The van der Waals surface area contributed by atoms with Gasteiger partial charge in [0.25, 0.3) is 0 Å². The first-order chi connectivity index (χ1) is 11.5. The zero-order valence-electron chi connectivity index (χ0n) is 14.2. The van der Waals surface area contributed by atoms with Crippen molar-refractivity contribution < 1.29 is 14.7 Å². The van der Waals surface area contributed by atoms with Crippen LogP contribution in [0.3, 0.4) is 0 Å². The summed E-state index contributed by atoms with van der Waals surface area (Å²) in [7, 11) is 0. The molecule has 1 aromatic heterocycles. The maximum Gasteiger partial charge on any atom is 0.227 e. The zero-order chi connectivity index (χ0) is 17.2. The standard InChI is InChI=1S/C18H26N2O3S/c1-14(21)12-20-13-18(5-4-16(20)22)6-8-19(9-7-18)17(23)11-15-3-2-10-24-15/h2-3,10,14,21H,4-9,11-13H2,1H3/t14-/m0/s1. The predicted octanol–water partition coefficient (Wildman–Crippen LogP) is 1.90. The summed E-state index contributed by atoms with van der Waals surface area (Å²) < 4.78 is 0. The van der Waals surface area contributed by atoms with Crippen LogP contribution in [0.4, 0.5) is 0 Å². The number of nitrogens with zero attached hydrogens (tertiary/aromatic N) is 2. The summed E-state index contributed by atoms with van der Waals surface area (Å²) in [6.07, 6.45) is 3.39. The highest BCUT2D eigenvalue weighted by Crippen LogP contribution is 2.40. The maximum absolute atomic E-state index is 12.4. The average Bonchev–Trinajstić information content (AvgIpc) is 3.04. The van der Waals surface area contributed by atoms with Gasteiger partial charge in [-0.1, -0.05) is 6.07 Å². The lowest BCUT2D eigenvalue weighted by molar-refractivity contribution is -0.143. The molecular weight excluding hydrogens is 324 g/mol. The summed E-state index contributed by atoms with van der Waals surface area (Å²) in [5.74, 6) is 0.359. The van der Waals surface area contributed by atoms with Crippen LogP contribution in [-0.4, -0.2) is 59.0 Å². The molecule has 2 amide bonds. The summed E-state index contributed by atoms with van der Waals surface area (Å²) >= 11 is 1.63. The first-order valence-corrected chi connectivity index (χ1v) is 9.61. The van der Waals surface area contributed by atoms with Crippen molar-refractivity contribution in [3.8, 4) is 0 Å². The summed E-state index contributed by atoms with van der Waals surface area (Å²) in [5.41, 5.74) is 0.127. The molecule has 1 aromatic rings. The van der Waals surface area contributed by atoms with Crippen LogP contribution in [-0.2, 0) is 16.0 Å². The van der Waals surface area contributed by atoms with E-state index < -0.39 is 6.10 Å². The minimum Gasteiger partial charge on any atom is -0.392 e. The number of aliphatic hydroxyl groups is 1. The van der Waals surface area contributed by atoms with Gasteiger partial charge in [-0.3, -0.25) is 9.59 Å². The fourth-order valence-corrected chi connectivity index (χ4v) is 4.60. The Labute approximate surface area is 147 Å². The van der Waals surface area contributed by atoms with Crippen LogP contribution in [0.1, 0.15) is 37.5 Å². The lowest BCUT2D eigenvalue weighted by atomic mass is 9.72. The Balaban J connectivity index is 1.55. The summed E-state index contributed by atoms with van der Waals surface area (Å²) in [6, 6.07) is 3.99. The second kappa shape index (κ2) is 7.23. The van der Waals surface area contributed by atoms with Crippen LogP contribution in [0.25, 0.3) is 0 Å². The largest absolute Gasteiger partial charge is 0.392 e. The van der Waals surface area contributed by atoms with Crippen molar-refractivity contribution in [2.24, 2.45) is 5.41 Å². The molecule has 1 atom stereocenters. The van der Waals surface area contributed by atoms with Crippen molar-refractivity contribution in [2.75, 3.05) is 26.2 Å². The molecule has 2 fully saturated rings. The number of β-amino-alcohol motifs (C(OH)–C–C–N with tert-alkyl or cyclic N) is 1. The van der Waals surface area contributed by atoms with Gasteiger partial charge in [0, 0.05) is 37.5 Å². The number of amides is 2. The Morgan fingerprint density at radius 2 is 2.12 bits per heavy atom. The van der Waals surface area contributed by atoms with Crippen molar-refractivity contribution in [1.29, 1.82) is 0 Å². The van der Waals surface area contributed by atoms with Gasteiger partial charge in [0.1, 0.15) is 0 Å². The number of piperidine rings is 2. The lowest BCUT2D eigenvalue weighted by Crippen LogP contribution is -2.53. The van der Waals surface area contributed by atoms with E-state index in [0.717, 1.165) is 43.8 Å². The van der Waals surface area contributed by atoms with Gasteiger partial charge in [-0.05, 0) is 43.0 Å². The van der Waals surface area contributed by atoms with Gasteiger partial charge in [0.15, 0.2) is 0 Å².